The summed E-state index contributed by atoms with van der Waals surface area (Å²) in [6.45, 7) is 0.856. The summed E-state index contributed by atoms with van der Waals surface area (Å²) in [5.74, 6) is -0.128. The molecule has 8 heteroatoms. The van der Waals surface area contributed by atoms with Crippen molar-refractivity contribution in [2.45, 2.75) is 32.1 Å². The molecule has 1 heterocycles. The number of rotatable bonds is 7. The van der Waals surface area contributed by atoms with Crippen LogP contribution in [0.25, 0.3) is 0 Å². The number of hydrogen-bond donors (Lipinski definition) is 3. The van der Waals surface area contributed by atoms with Crippen molar-refractivity contribution in [2.75, 3.05) is 13.1 Å². The van der Waals surface area contributed by atoms with Gasteiger partial charge in [0.15, 0.2) is 5.82 Å². The minimum Gasteiger partial charge on any atom is -0.481 e. The molecule has 0 spiro atoms. The van der Waals surface area contributed by atoms with E-state index in [9.17, 15) is 9.59 Å². The molecule has 1 aromatic rings. The maximum atomic E-state index is 11.7. The fraction of sp³-hybridized carbons (Fsp3) is 0.692. The molecule has 116 valence electrons. The summed E-state index contributed by atoms with van der Waals surface area (Å²) >= 11 is 0. The Kier molecular flexibility index (Phi) is 4.77. The van der Waals surface area contributed by atoms with Gasteiger partial charge in [-0.25, -0.2) is 9.78 Å². The van der Waals surface area contributed by atoms with Gasteiger partial charge in [-0.15, -0.1) is 0 Å². The highest BCUT2D eigenvalue weighted by atomic mass is 16.4. The third-order valence-corrected chi connectivity index (χ3v) is 3.85. The Morgan fingerprint density at radius 2 is 2.19 bits per heavy atom. The summed E-state index contributed by atoms with van der Waals surface area (Å²) < 4.78 is 1.61. The van der Waals surface area contributed by atoms with Crippen LogP contribution < -0.4 is 10.6 Å². The summed E-state index contributed by atoms with van der Waals surface area (Å²) in [6, 6.07) is -0.275. The average Bonchev–Trinajstić information content (AvgIpc) is 2.78. The largest absolute Gasteiger partial charge is 0.481 e. The standard InChI is InChI=1S/C13H21N5O3/c1-18-9-16-10(17-18)3-6-14-12(21)15-8-13(4-2-5-13)7-11(19)20/h9H,2-8H2,1H3,(H,19,20)(H2,14,15,21). The van der Waals surface area contributed by atoms with Gasteiger partial charge in [0.1, 0.15) is 6.33 Å². The lowest BCUT2D eigenvalue weighted by Crippen LogP contribution is -2.46. The second-order valence-electron chi connectivity index (χ2n) is 5.62. The van der Waals surface area contributed by atoms with Crippen LogP contribution in [0.15, 0.2) is 6.33 Å². The molecule has 0 saturated heterocycles. The number of aryl methyl sites for hydroxylation is 1. The zero-order valence-corrected chi connectivity index (χ0v) is 12.1. The minimum absolute atomic E-state index is 0.116. The smallest absolute Gasteiger partial charge is 0.314 e. The van der Waals surface area contributed by atoms with Gasteiger partial charge in [0, 0.05) is 26.6 Å². The predicted octanol–water partition coefficient (Wildman–Crippen LogP) is 0.302. The molecule has 21 heavy (non-hydrogen) atoms. The molecule has 1 fully saturated rings. The lowest BCUT2D eigenvalue weighted by Gasteiger charge is -2.40. The number of nitrogens with zero attached hydrogens (tertiary/aromatic N) is 3. The topological polar surface area (TPSA) is 109 Å². The van der Waals surface area contributed by atoms with Gasteiger partial charge in [0.05, 0.1) is 6.42 Å². The van der Waals surface area contributed by atoms with E-state index >= 15 is 0 Å². The predicted molar refractivity (Wildman–Crippen MR) is 74.6 cm³/mol. The van der Waals surface area contributed by atoms with Gasteiger partial charge in [-0.3, -0.25) is 9.48 Å². The second kappa shape index (κ2) is 6.55. The molecular formula is C13H21N5O3. The van der Waals surface area contributed by atoms with Crippen LogP contribution in [-0.2, 0) is 18.3 Å². The third-order valence-electron chi connectivity index (χ3n) is 3.85. The Hall–Kier alpha value is -2.12. The number of carbonyl (C=O) groups is 2. The molecule has 1 saturated carbocycles. The Morgan fingerprint density at radius 1 is 1.43 bits per heavy atom. The molecule has 0 bridgehead atoms. The number of hydrogen-bond acceptors (Lipinski definition) is 4. The van der Waals surface area contributed by atoms with Gasteiger partial charge in [0.2, 0.25) is 0 Å². The number of urea groups is 1. The molecule has 8 nitrogen and oxygen atoms in total. The highest BCUT2D eigenvalue weighted by Gasteiger charge is 2.39. The van der Waals surface area contributed by atoms with Gasteiger partial charge in [-0.2, -0.15) is 5.10 Å². The molecule has 0 aliphatic heterocycles. The van der Waals surface area contributed by atoms with E-state index in [1.165, 1.54) is 0 Å². The van der Waals surface area contributed by atoms with Gasteiger partial charge in [0.25, 0.3) is 0 Å². The molecule has 2 rings (SSSR count). The average molecular weight is 295 g/mol. The lowest BCUT2D eigenvalue weighted by atomic mass is 9.66. The van der Waals surface area contributed by atoms with Gasteiger partial charge in [-0.05, 0) is 18.3 Å². The first-order valence-electron chi connectivity index (χ1n) is 7.07. The van der Waals surface area contributed by atoms with Gasteiger partial charge in [-0.1, -0.05) is 6.42 Å². The zero-order chi connectivity index (χ0) is 15.3. The van der Waals surface area contributed by atoms with E-state index in [4.69, 9.17) is 5.11 Å². The van der Waals surface area contributed by atoms with Gasteiger partial charge >= 0.3 is 12.0 Å². The summed E-state index contributed by atoms with van der Waals surface area (Å²) in [7, 11) is 1.79. The molecular weight excluding hydrogens is 274 g/mol. The molecule has 1 aliphatic carbocycles. The second-order valence-corrected chi connectivity index (χ2v) is 5.62. The fourth-order valence-electron chi connectivity index (χ4n) is 2.53. The normalized spacial score (nSPS) is 16.0. The van der Waals surface area contributed by atoms with Crippen LogP contribution >= 0.6 is 0 Å². The van der Waals surface area contributed by atoms with E-state index < -0.39 is 5.97 Å². The van der Waals surface area contributed by atoms with E-state index in [1.807, 2.05) is 0 Å². The maximum Gasteiger partial charge on any atom is 0.314 e. The number of carbonyl (C=O) groups excluding carboxylic acids is 1. The number of carboxylic acid groups (broad SMARTS) is 1. The van der Waals surface area contributed by atoms with Crippen molar-refractivity contribution in [1.29, 1.82) is 0 Å². The van der Waals surface area contributed by atoms with E-state index in [2.05, 4.69) is 20.7 Å². The SMILES string of the molecule is Cn1cnc(CCNC(=O)NCC2(CC(=O)O)CCC2)n1. The van der Waals surface area contributed by atoms with E-state index in [0.717, 1.165) is 19.3 Å². The first kappa shape index (κ1) is 15.3. The first-order chi connectivity index (χ1) is 9.99. The molecule has 1 aliphatic rings. The highest BCUT2D eigenvalue weighted by molar-refractivity contribution is 5.74. The number of nitrogens with one attached hydrogen (secondary N) is 2. The molecule has 2 amide bonds. The summed E-state index contributed by atoms with van der Waals surface area (Å²) in [6.07, 6.45) is 5.04. The Labute approximate surface area is 122 Å². The van der Waals surface area contributed by atoms with Gasteiger partial charge < -0.3 is 15.7 Å². The van der Waals surface area contributed by atoms with Crippen molar-refractivity contribution in [1.82, 2.24) is 25.4 Å². The van der Waals surface area contributed by atoms with Crippen LogP contribution in [0.1, 0.15) is 31.5 Å². The Bertz CT molecular complexity index is 510. The molecule has 1 aromatic heterocycles. The number of carboxylic acids is 1. The fourth-order valence-corrected chi connectivity index (χ4v) is 2.53. The summed E-state index contributed by atoms with van der Waals surface area (Å²) in [5.41, 5.74) is -0.258. The van der Waals surface area contributed by atoms with Crippen LogP contribution in [0.5, 0.6) is 0 Å². The van der Waals surface area contributed by atoms with E-state index in [0.29, 0.717) is 25.3 Å². The van der Waals surface area contributed by atoms with Crippen LogP contribution in [0.4, 0.5) is 4.79 Å². The molecule has 0 atom stereocenters. The molecule has 0 radical (unpaired) electrons. The van der Waals surface area contributed by atoms with E-state index in [-0.39, 0.29) is 17.9 Å². The highest BCUT2D eigenvalue weighted by Crippen LogP contribution is 2.43. The summed E-state index contributed by atoms with van der Waals surface area (Å²) in [5, 5.41) is 18.5. The zero-order valence-electron chi connectivity index (χ0n) is 12.1. The van der Waals surface area contributed by atoms with Crippen LogP contribution in [0.2, 0.25) is 0 Å². The first-order valence-corrected chi connectivity index (χ1v) is 7.07. The van der Waals surface area contributed by atoms with Crippen molar-refractivity contribution in [3.8, 4) is 0 Å². The van der Waals surface area contributed by atoms with E-state index in [1.54, 1.807) is 18.1 Å². The van der Waals surface area contributed by atoms with Crippen molar-refractivity contribution in [3.63, 3.8) is 0 Å². The van der Waals surface area contributed by atoms with Crippen LogP contribution in [0.3, 0.4) is 0 Å². The number of aromatic nitrogens is 3. The third kappa shape index (κ3) is 4.44. The molecule has 0 aromatic carbocycles. The molecule has 3 N–H and O–H groups in total. The van der Waals surface area contributed by atoms with Crippen molar-refractivity contribution < 1.29 is 14.7 Å². The number of amides is 2. The van der Waals surface area contributed by atoms with Crippen molar-refractivity contribution >= 4 is 12.0 Å². The van der Waals surface area contributed by atoms with Crippen molar-refractivity contribution in [3.05, 3.63) is 12.2 Å². The summed E-state index contributed by atoms with van der Waals surface area (Å²) in [4.78, 5) is 26.6. The molecule has 0 unspecified atom stereocenters. The maximum absolute atomic E-state index is 11.7. The lowest BCUT2D eigenvalue weighted by molar-refractivity contribution is -0.141. The van der Waals surface area contributed by atoms with Crippen LogP contribution in [-0.4, -0.2) is 45.0 Å². The number of aliphatic carboxylic acids is 1. The Balaban J connectivity index is 1.66. The van der Waals surface area contributed by atoms with Crippen molar-refractivity contribution in [2.24, 2.45) is 12.5 Å². The quantitative estimate of drug-likeness (QED) is 0.670. The minimum atomic E-state index is -0.807. The van der Waals surface area contributed by atoms with Crippen LogP contribution in [0, 0.1) is 5.41 Å². The Morgan fingerprint density at radius 3 is 2.71 bits per heavy atom. The monoisotopic (exact) mass is 295 g/mol.